The molecule has 0 saturated carbocycles. The van der Waals surface area contributed by atoms with E-state index in [0.29, 0.717) is 18.9 Å². The van der Waals surface area contributed by atoms with Gasteiger partial charge in [-0.3, -0.25) is 4.79 Å². The highest BCUT2D eigenvalue weighted by Gasteiger charge is 2.10. The molecule has 1 aromatic heterocycles. The van der Waals surface area contributed by atoms with Crippen molar-refractivity contribution in [1.29, 1.82) is 0 Å². The summed E-state index contributed by atoms with van der Waals surface area (Å²) in [6.07, 6.45) is 18.6. The first-order valence-corrected chi connectivity index (χ1v) is 16.1. The van der Waals surface area contributed by atoms with Crippen molar-refractivity contribution in [3.8, 4) is 34.0 Å². The second kappa shape index (κ2) is 19.7. The van der Waals surface area contributed by atoms with Gasteiger partial charge in [0.05, 0.1) is 6.61 Å². The van der Waals surface area contributed by atoms with E-state index in [-0.39, 0.29) is 12.1 Å². The van der Waals surface area contributed by atoms with Crippen molar-refractivity contribution in [2.45, 2.75) is 110 Å². The van der Waals surface area contributed by atoms with Crippen LogP contribution in [0.3, 0.4) is 0 Å². The van der Waals surface area contributed by atoms with Gasteiger partial charge in [-0.25, -0.2) is 9.97 Å². The Bertz CT molecular complexity index is 1130. The fourth-order valence-electron chi connectivity index (χ4n) is 4.72. The van der Waals surface area contributed by atoms with Crippen molar-refractivity contribution in [3.63, 3.8) is 0 Å². The van der Waals surface area contributed by atoms with Crippen LogP contribution in [0.2, 0.25) is 0 Å². The van der Waals surface area contributed by atoms with Crippen molar-refractivity contribution in [2.24, 2.45) is 0 Å². The zero-order valence-corrected chi connectivity index (χ0v) is 26.0. The van der Waals surface area contributed by atoms with Gasteiger partial charge in [0.25, 0.3) is 0 Å². The number of nitrogens with zero attached hydrogens (tertiary/aromatic N) is 2. The van der Waals surface area contributed by atoms with Gasteiger partial charge in [0, 0.05) is 29.9 Å². The summed E-state index contributed by atoms with van der Waals surface area (Å²) in [6, 6.07) is 15.8. The van der Waals surface area contributed by atoms with Crippen molar-refractivity contribution in [1.82, 2.24) is 9.97 Å². The Balaban J connectivity index is 1.37. The Labute approximate surface area is 253 Å². The number of unbranched alkanes of at least 4 members (excludes halogenated alkanes) is 10. The van der Waals surface area contributed by atoms with Crippen LogP contribution in [0.25, 0.3) is 22.5 Å². The largest absolute Gasteiger partial charge is 0.494 e. The molecule has 2 aromatic carbocycles. The minimum atomic E-state index is -0.292. The standard InChI is InChI=1S/C36H50N2O4/c1-4-6-8-9-10-11-12-13-15-25-40-33-23-19-31(20-24-33)36-37-26-32(27-38-36)30-17-21-34(22-18-30)41-28-29(3)42-35(39)16-14-7-5-2/h17-24,26-27,29H,4-16,25,28H2,1-3H3. The van der Waals surface area contributed by atoms with Crippen LogP contribution in [0.1, 0.15) is 104 Å². The lowest BCUT2D eigenvalue weighted by molar-refractivity contribution is -0.149. The molecule has 0 fully saturated rings. The predicted molar refractivity (Wildman–Crippen MR) is 171 cm³/mol. The molecule has 228 valence electrons. The molecule has 0 aliphatic heterocycles. The van der Waals surface area contributed by atoms with E-state index in [2.05, 4.69) is 23.8 Å². The summed E-state index contributed by atoms with van der Waals surface area (Å²) in [5.74, 6) is 2.14. The maximum Gasteiger partial charge on any atom is 0.306 e. The SMILES string of the molecule is CCCCCCCCCCCOc1ccc(-c2ncc(-c3ccc(OCC(C)OC(=O)CCCCC)cc3)cn2)cc1. The van der Waals surface area contributed by atoms with Gasteiger partial charge in [-0.2, -0.15) is 0 Å². The molecule has 0 aliphatic rings. The van der Waals surface area contributed by atoms with Crippen molar-refractivity contribution >= 4 is 5.97 Å². The molecule has 0 saturated heterocycles. The number of esters is 1. The average Bonchev–Trinajstić information content (AvgIpc) is 3.02. The summed E-state index contributed by atoms with van der Waals surface area (Å²) in [4.78, 5) is 21.1. The summed E-state index contributed by atoms with van der Waals surface area (Å²) >= 11 is 0. The molecule has 0 radical (unpaired) electrons. The molecule has 0 aliphatic carbocycles. The normalized spacial score (nSPS) is 11.7. The van der Waals surface area contributed by atoms with Gasteiger partial charge in [-0.1, -0.05) is 90.2 Å². The zero-order chi connectivity index (χ0) is 29.8. The Morgan fingerprint density at radius 2 is 1.17 bits per heavy atom. The molecule has 0 bridgehead atoms. The van der Waals surface area contributed by atoms with E-state index in [1.54, 1.807) is 0 Å². The number of carbonyl (C=O) groups is 1. The Morgan fingerprint density at radius 1 is 0.643 bits per heavy atom. The highest BCUT2D eigenvalue weighted by atomic mass is 16.6. The van der Waals surface area contributed by atoms with Gasteiger partial charge in [0.2, 0.25) is 0 Å². The van der Waals surface area contributed by atoms with E-state index in [0.717, 1.165) is 60.5 Å². The van der Waals surface area contributed by atoms with Crippen LogP contribution in [0.15, 0.2) is 60.9 Å². The maximum absolute atomic E-state index is 11.9. The number of rotatable bonds is 21. The monoisotopic (exact) mass is 574 g/mol. The highest BCUT2D eigenvalue weighted by Crippen LogP contribution is 2.24. The molecular formula is C36H50N2O4. The smallest absolute Gasteiger partial charge is 0.306 e. The molecule has 1 atom stereocenters. The first-order chi connectivity index (χ1) is 20.6. The lowest BCUT2D eigenvalue weighted by Crippen LogP contribution is -2.21. The topological polar surface area (TPSA) is 70.5 Å². The maximum atomic E-state index is 11.9. The molecule has 0 amide bonds. The van der Waals surface area contributed by atoms with Gasteiger partial charge in [0.15, 0.2) is 5.82 Å². The van der Waals surface area contributed by atoms with Gasteiger partial charge < -0.3 is 14.2 Å². The Morgan fingerprint density at radius 3 is 1.79 bits per heavy atom. The lowest BCUT2D eigenvalue weighted by atomic mass is 10.1. The summed E-state index contributed by atoms with van der Waals surface area (Å²) in [7, 11) is 0. The predicted octanol–water partition coefficient (Wildman–Crippen LogP) is 9.61. The molecule has 0 spiro atoms. The molecule has 6 heteroatoms. The lowest BCUT2D eigenvalue weighted by Gasteiger charge is -2.14. The fourth-order valence-corrected chi connectivity index (χ4v) is 4.72. The van der Waals surface area contributed by atoms with Crippen LogP contribution in [0, 0.1) is 0 Å². The quantitative estimate of drug-likeness (QED) is 0.0932. The number of carbonyl (C=O) groups excluding carboxylic acids is 1. The molecule has 1 unspecified atom stereocenters. The second-order valence-corrected chi connectivity index (χ2v) is 11.1. The van der Waals surface area contributed by atoms with E-state index in [1.165, 1.54) is 51.4 Å². The number of ether oxygens (including phenoxy) is 3. The Kier molecular flexibility index (Phi) is 15.5. The van der Waals surface area contributed by atoms with Crippen LogP contribution < -0.4 is 9.47 Å². The zero-order valence-electron chi connectivity index (χ0n) is 26.0. The Hall–Kier alpha value is -3.41. The van der Waals surface area contributed by atoms with Crippen molar-refractivity contribution < 1.29 is 19.0 Å². The minimum Gasteiger partial charge on any atom is -0.494 e. The van der Waals surface area contributed by atoms with Crippen LogP contribution >= 0.6 is 0 Å². The first-order valence-electron chi connectivity index (χ1n) is 16.1. The number of aromatic nitrogens is 2. The summed E-state index contributed by atoms with van der Waals surface area (Å²) in [6.45, 7) is 7.31. The summed E-state index contributed by atoms with van der Waals surface area (Å²) in [5, 5.41) is 0. The third-order valence-electron chi connectivity index (χ3n) is 7.27. The molecular weight excluding hydrogens is 524 g/mol. The fraction of sp³-hybridized carbons (Fsp3) is 0.528. The molecule has 3 aromatic rings. The van der Waals surface area contributed by atoms with Crippen molar-refractivity contribution in [3.05, 3.63) is 60.9 Å². The van der Waals surface area contributed by atoms with Crippen LogP contribution in [-0.4, -0.2) is 35.3 Å². The minimum absolute atomic E-state index is 0.160. The van der Waals surface area contributed by atoms with Crippen LogP contribution in [0.5, 0.6) is 11.5 Å². The highest BCUT2D eigenvalue weighted by molar-refractivity contribution is 5.69. The number of hydrogen-bond donors (Lipinski definition) is 0. The molecule has 6 nitrogen and oxygen atoms in total. The van der Waals surface area contributed by atoms with E-state index in [1.807, 2.05) is 67.8 Å². The summed E-state index contributed by atoms with van der Waals surface area (Å²) < 4.78 is 17.2. The van der Waals surface area contributed by atoms with Gasteiger partial charge in [-0.15, -0.1) is 0 Å². The van der Waals surface area contributed by atoms with Gasteiger partial charge in [-0.05, 0) is 61.7 Å². The summed E-state index contributed by atoms with van der Waals surface area (Å²) in [5.41, 5.74) is 2.89. The van der Waals surface area contributed by atoms with Crippen molar-refractivity contribution in [2.75, 3.05) is 13.2 Å². The molecule has 42 heavy (non-hydrogen) atoms. The van der Waals surface area contributed by atoms with Gasteiger partial charge >= 0.3 is 5.97 Å². The molecule has 3 rings (SSSR count). The van der Waals surface area contributed by atoms with E-state index in [9.17, 15) is 4.79 Å². The second-order valence-electron chi connectivity index (χ2n) is 11.1. The van der Waals surface area contributed by atoms with E-state index in [4.69, 9.17) is 14.2 Å². The first kappa shape index (κ1) is 33.1. The van der Waals surface area contributed by atoms with E-state index < -0.39 is 0 Å². The third-order valence-corrected chi connectivity index (χ3v) is 7.27. The third kappa shape index (κ3) is 12.6. The average molecular weight is 575 g/mol. The number of benzene rings is 2. The molecule has 0 N–H and O–H groups in total. The number of hydrogen-bond acceptors (Lipinski definition) is 6. The van der Waals surface area contributed by atoms with E-state index >= 15 is 0 Å². The van der Waals surface area contributed by atoms with Gasteiger partial charge in [0.1, 0.15) is 24.2 Å². The van der Waals surface area contributed by atoms with Crippen LogP contribution in [-0.2, 0) is 9.53 Å². The molecule has 1 heterocycles. The van der Waals surface area contributed by atoms with Crippen LogP contribution in [0.4, 0.5) is 0 Å².